The van der Waals surface area contributed by atoms with Gasteiger partial charge < -0.3 is 19.7 Å². The van der Waals surface area contributed by atoms with E-state index in [4.69, 9.17) is 4.74 Å². The Kier molecular flexibility index (Phi) is 5.84. The number of ether oxygens (including phenoxy) is 1. The van der Waals surface area contributed by atoms with Gasteiger partial charge in [0.2, 0.25) is 5.91 Å². The molecule has 1 aromatic carbocycles. The van der Waals surface area contributed by atoms with Crippen molar-refractivity contribution in [3.05, 3.63) is 30.5 Å². The van der Waals surface area contributed by atoms with Crippen LogP contribution < -0.4 is 10.1 Å². The molecule has 1 aromatic heterocycles. The van der Waals surface area contributed by atoms with Crippen LogP contribution >= 0.6 is 0 Å². The van der Waals surface area contributed by atoms with Crippen LogP contribution in [0.2, 0.25) is 0 Å². The Bertz CT molecular complexity index is 723. The molecule has 0 bridgehead atoms. The molecule has 2 N–H and O–H groups in total. The van der Waals surface area contributed by atoms with Gasteiger partial charge in [-0.15, -0.1) is 0 Å². The molecule has 1 heterocycles. The lowest BCUT2D eigenvalue weighted by atomic mass is 9.99. The van der Waals surface area contributed by atoms with Gasteiger partial charge >= 0.3 is 5.97 Å². The molecule has 0 aliphatic carbocycles. The number of aryl methyl sites for hydroxylation is 1. The number of carbonyl (C=O) groups excluding carboxylic acids is 1. The molecule has 6 heteroatoms. The van der Waals surface area contributed by atoms with Crippen LogP contribution in [0.1, 0.15) is 26.7 Å². The molecule has 130 valence electrons. The second-order valence-electron chi connectivity index (χ2n) is 5.92. The minimum atomic E-state index is -0.992. The summed E-state index contributed by atoms with van der Waals surface area (Å²) in [4.78, 5) is 23.4. The fourth-order valence-electron chi connectivity index (χ4n) is 2.72. The van der Waals surface area contributed by atoms with Gasteiger partial charge in [-0.2, -0.15) is 0 Å². The number of nitrogens with zero attached hydrogens (tertiary/aromatic N) is 1. The topological polar surface area (TPSA) is 80.6 Å². The summed E-state index contributed by atoms with van der Waals surface area (Å²) in [6.45, 7) is 4.21. The first-order valence-corrected chi connectivity index (χ1v) is 8.12. The molecular formula is C18H24N2O4. The fraction of sp³-hybridized carbons (Fsp3) is 0.444. The Labute approximate surface area is 141 Å². The van der Waals surface area contributed by atoms with Crippen LogP contribution in [0.25, 0.3) is 10.9 Å². The third kappa shape index (κ3) is 3.88. The Morgan fingerprint density at radius 1 is 1.33 bits per heavy atom. The Morgan fingerprint density at radius 3 is 2.71 bits per heavy atom. The summed E-state index contributed by atoms with van der Waals surface area (Å²) >= 11 is 0. The van der Waals surface area contributed by atoms with Crippen LogP contribution in [0.4, 0.5) is 0 Å². The normalized spacial score (nSPS) is 13.5. The van der Waals surface area contributed by atoms with E-state index >= 15 is 0 Å². The predicted octanol–water partition coefficient (Wildman–Crippen LogP) is 2.66. The van der Waals surface area contributed by atoms with Gasteiger partial charge in [-0.3, -0.25) is 4.79 Å². The zero-order valence-corrected chi connectivity index (χ0v) is 14.3. The maximum absolute atomic E-state index is 12.1. The molecule has 0 aliphatic rings. The monoisotopic (exact) mass is 332 g/mol. The highest BCUT2D eigenvalue weighted by Gasteiger charge is 2.25. The van der Waals surface area contributed by atoms with E-state index in [9.17, 15) is 14.7 Å². The first kappa shape index (κ1) is 17.8. The van der Waals surface area contributed by atoms with E-state index in [1.807, 2.05) is 48.9 Å². The number of nitrogens with one attached hydrogen (secondary N) is 1. The summed E-state index contributed by atoms with van der Waals surface area (Å²) in [7, 11) is 1.63. The average Bonchev–Trinajstić information content (AvgIpc) is 3.00. The van der Waals surface area contributed by atoms with Crippen LogP contribution in [-0.2, 0) is 16.1 Å². The number of methoxy groups -OCH3 is 1. The molecule has 0 unspecified atom stereocenters. The minimum absolute atomic E-state index is 0.108. The minimum Gasteiger partial charge on any atom is -0.496 e. The molecule has 0 radical (unpaired) electrons. The number of aromatic nitrogens is 1. The van der Waals surface area contributed by atoms with Crippen molar-refractivity contribution >= 4 is 22.8 Å². The molecule has 0 fully saturated rings. The van der Waals surface area contributed by atoms with Crippen molar-refractivity contribution in [3.8, 4) is 5.75 Å². The Balaban J connectivity index is 2.03. The number of hydrogen-bond donors (Lipinski definition) is 2. The van der Waals surface area contributed by atoms with Crippen LogP contribution in [0.3, 0.4) is 0 Å². The third-order valence-corrected chi connectivity index (χ3v) is 4.37. The first-order valence-electron chi connectivity index (χ1n) is 8.12. The number of carboxylic acids is 1. The van der Waals surface area contributed by atoms with Gasteiger partial charge in [0.15, 0.2) is 0 Å². The van der Waals surface area contributed by atoms with Crippen molar-refractivity contribution in [2.24, 2.45) is 5.92 Å². The van der Waals surface area contributed by atoms with E-state index in [0.717, 1.165) is 16.7 Å². The molecule has 1 amide bonds. The van der Waals surface area contributed by atoms with Gasteiger partial charge in [0.05, 0.1) is 12.6 Å². The summed E-state index contributed by atoms with van der Waals surface area (Å²) in [5.74, 6) is -0.567. The van der Waals surface area contributed by atoms with Crippen molar-refractivity contribution in [1.29, 1.82) is 0 Å². The van der Waals surface area contributed by atoms with Gasteiger partial charge in [0.25, 0.3) is 0 Å². The largest absolute Gasteiger partial charge is 0.496 e. The average molecular weight is 332 g/mol. The molecule has 6 nitrogen and oxygen atoms in total. The quantitative estimate of drug-likeness (QED) is 0.779. The Morgan fingerprint density at radius 2 is 2.08 bits per heavy atom. The van der Waals surface area contributed by atoms with Gasteiger partial charge in [0.1, 0.15) is 11.8 Å². The number of benzene rings is 1. The van der Waals surface area contributed by atoms with Crippen molar-refractivity contribution in [1.82, 2.24) is 9.88 Å². The summed E-state index contributed by atoms with van der Waals surface area (Å²) in [6, 6.07) is 6.87. The summed E-state index contributed by atoms with van der Waals surface area (Å²) < 4.78 is 7.29. The molecule has 24 heavy (non-hydrogen) atoms. The lowest BCUT2D eigenvalue weighted by Crippen LogP contribution is -2.45. The summed E-state index contributed by atoms with van der Waals surface area (Å²) in [5, 5.41) is 12.9. The van der Waals surface area contributed by atoms with Crippen LogP contribution in [0, 0.1) is 5.92 Å². The highest BCUT2D eigenvalue weighted by atomic mass is 16.5. The van der Waals surface area contributed by atoms with Gasteiger partial charge in [-0.25, -0.2) is 4.79 Å². The lowest BCUT2D eigenvalue weighted by Gasteiger charge is -2.20. The van der Waals surface area contributed by atoms with Crippen molar-refractivity contribution < 1.29 is 19.4 Å². The van der Waals surface area contributed by atoms with Crippen LogP contribution in [0.15, 0.2) is 30.5 Å². The van der Waals surface area contributed by atoms with Crippen molar-refractivity contribution in [2.75, 3.05) is 7.11 Å². The number of carbonyl (C=O) groups is 2. The molecular weight excluding hydrogens is 308 g/mol. The van der Waals surface area contributed by atoms with Gasteiger partial charge in [0, 0.05) is 24.5 Å². The van der Waals surface area contributed by atoms with E-state index in [-0.39, 0.29) is 18.2 Å². The number of aliphatic carboxylic acids is 1. The molecule has 0 aliphatic heterocycles. The van der Waals surface area contributed by atoms with Gasteiger partial charge in [-0.05, 0) is 24.1 Å². The van der Waals surface area contributed by atoms with E-state index in [1.165, 1.54) is 0 Å². The Hall–Kier alpha value is -2.50. The first-order chi connectivity index (χ1) is 11.5. The lowest BCUT2D eigenvalue weighted by molar-refractivity contribution is -0.143. The molecule has 2 rings (SSSR count). The predicted molar refractivity (Wildman–Crippen MR) is 92.1 cm³/mol. The molecule has 0 saturated heterocycles. The van der Waals surface area contributed by atoms with E-state index in [1.54, 1.807) is 7.11 Å². The summed E-state index contributed by atoms with van der Waals surface area (Å²) in [5.41, 5.74) is 0.985. The third-order valence-electron chi connectivity index (χ3n) is 4.37. The van der Waals surface area contributed by atoms with Crippen molar-refractivity contribution in [3.63, 3.8) is 0 Å². The molecule has 2 aromatic rings. The zero-order chi connectivity index (χ0) is 17.7. The standard InChI is InChI=1S/C18H24N2O4/c1-4-12(2)17(18(22)23)19-16(21)9-11-20-10-8-13-14(20)6-5-7-15(13)24-3/h5-8,10,12,17H,4,9,11H2,1-3H3,(H,19,21)(H,22,23)/t12-,17+/m0/s1. The van der Waals surface area contributed by atoms with Gasteiger partial charge in [-0.1, -0.05) is 26.3 Å². The number of carboxylic acid groups (broad SMARTS) is 1. The molecule has 0 saturated carbocycles. The highest BCUT2D eigenvalue weighted by Crippen LogP contribution is 2.26. The SMILES string of the molecule is CC[C@H](C)[C@@H](NC(=O)CCn1ccc2c(OC)cccc21)C(=O)O. The smallest absolute Gasteiger partial charge is 0.326 e. The second-order valence-corrected chi connectivity index (χ2v) is 5.92. The van der Waals surface area contributed by atoms with E-state index in [0.29, 0.717) is 13.0 Å². The second kappa shape index (κ2) is 7.86. The van der Waals surface area contributed by atoms with Crippen LogP contribution in [-0.4, -0.2) is 34.7 Å². The number of rotatable bonds is 8. The fourth-order valence-corrected chi connectivity index (χ4v) is 2.72. The number of hydrogen-bond acceptors (Lipinski definition) is 3. The highest BCUT2D eigenvalue weighted by molar-refractivity contribution is 5.87. The maximum Gasteiger partial charge on any atom is 0.326 e. The summed E-state index contributed by atoms with van der Waals surface area (Å²) in [6.07, 6.45) is 2.82. The molecule has 2 atom stereocenters. The van der Waals surface area contributed by atoms with Crippen LogP contribution in [0.5, 0.6) is 5.75 Å². The van der Waals surface area contributed by atoms with E-state index in [2.05, 4.69) is 5.32 Å². The molecule has 0 spiro atoms. The van der Waals surface area contributed by atoms with E-state index < -0.39 is 12.0 Å². The number of fused-ring (bicyclic) bond motifs is 1. The zero-order valence-electron chi connectivity index (χ0n) is 14.3. The van der Waals surface area contributed by atoms with Crippen molar-refractivity contribution in [2.45, 2.75) is 39.3 Å². The maximum atomic E-state index is 12.1. The number of amides is 1.